The van der Waals surface area contributed by atoms with Crippen molar-refractivity contribution in [3.05, 3.63) is 64.4 Å². The maximum absolute atomic E-state index is 13.2. The number of carbonyl (C=O) groups excluding carboxylic acids is 1. The lowest BCUT2D eigenvalue weighted by atomic mass is 10.1. The monoisotopic (exact) mass is 498 g/mol. The number of piperazine rings is 1. The lowest BCUT2D eigenvalue weighted by molar-refractivity contribution is -0.139. The summed E-state index contributed by atoms with van der Waals surface area (Å²) in [6.45, 7) is 5.75. The van der Waals surface area contributed by atoms with E-state index in [2.05, 4.69) is 11.8 Å². The lowest BCUT2D eigenvalue weighted by Gasteiger charge is -2.44. The van der Waals surface area contributed by atoms with Gasteiger partial charge in [-0.2, -0.15) is 0 Å². The Kier molecular flexibility index (Phi) is 8.54. The minimum absolute atomic E-state index is 0.0305. The number of carbonyl (C=O) groups is 1. The molecule has 2 atom stereocenters. The quantitative estimate of drug-likeness (QED) is 0.539. The largest absolute Gasteiger partial charge is 0.483 e. The van der Waals surface area contributed by atoms with E-state index in [9.17, 15) is 13.8 Å². The van der Waals surface area contributed by atoms with Gasteiger partial charge >= 0.3 is 7.60 Å². The fourth-order valence-electron chi connectivity index (χ4n) is 3.96. The second-order valence-corrected chi connectivity index (χ2v) is 10.7. The molecule has 0 saturated carbocycles. The van der Waals surface area contributed by atoms with Gasteiger partial charge in [0.1, 0.15) is 11.6 Å². The summed E-state index contributed by atoms with van der Waals surface area (Å²) in [4.78, 5) is 35.3. The highest BCUT2D eigenvalue weighted by molar-refractivity contribution is 7.51. The lowest BCUT2D eigenvalue weighted by Crippen LogP contribution is -2.58. The Bertz CT molecular complexity index is 1020. The number of aryl methyl sites for hydroxylation is 1. The summed E-state index contributed by atoms with van der Waals surface area (Å²) >= 11 is 6.02. The van der Waals surface area contributed by atoms with Crippen molar-refractivity contribution in [1.82, 2.24) is 9.80 Å². The van der Waals surface area contributed by atoms with Crippen molar-refractivity contribution >= 4 is 25.1 Å². The number of hydrogen-bond donors (Lipinski definition) is 2. The minimum atomic E-state index is -4.17. The van der Waals surface area contributed by atoms with Gasteiger partial charge in [0.2, 0.25) is 0 Å². The Balaban J connectivity index is 1.59. The molecule has 1 saturated heterocycles. The van der Waals surface area contributed by atoms with Crippen LogP contribution in [0.4, 0.5) is 4.39 Å². The topological polar surface area (TPSA) is 90.3 Å². The summed E-state index contributed by atoms with van der Waals surface area (Å²) in [5, 5.41) is 0.425. The summed E-state index contributed by atoms with van der Waals surface area (Å²) in [7, 11) is -4.17. The number of halogens is 2. The molecule has 2 aromatic carbocycles. The van der Waals surface area contributed by atoms with Crippen LogP contribution in [0, 0.1) is 5.82 Å². The van der Waals surface area contributed by atoms with E-state index < -0.39 is 7.60 Å². The third-order valence-electron chi connectivity index (χ3n) is 5.78. The summed E-state index contributed by atoms with van der Waals surface area (Å²) in [6, 6.07) is 11.3. The van der Waals surface area contributed by atoms with Gasteiger partial charge in [-0.1, -0.05) is 23.7 Å². The van der Waals surface area contributed by atoms with Gasteiger partial charge in [0.15, 0.2) is 6.61 Å². The third kappa shape index (κ3) is 7.52. The van der Waals surface area contributed by atoms with Crippen molar-refractivity contribution in [3.63, 3.8) is 0 Å². The average Bonchev–Trinajstić information content (AvgIpc) is 2.74. The number of amides is 1. The molecule has 1 heterocycles. The van der Waals surface area contributed by atoms with Crippen molar-refractivity contribution in [1.29, 1.82) is 0 Å². The van der Waals surface area contributed by atoms with Crippen LogP contribution in [-0.2, 0) is 22.3 Å². The molecule has 0 spiro atoms. The number of nitrogens with zero attached hydrogens (tertiary/aromatic N) is 2. The first-order valence-corrected chi connectivity index (χ1v) is 12.9. The predicted molar refractivity (Wildman–Crippen MR) is 125 cm³/mol. The Morgan fingerprint density at radius 3 is 2.52 bits per heavy atom. The fraction of sp³-hybridized carbons (Fsp3) is 0.435. The van der Waals surface area contributed by atoms with Crippen LogP contribution in [0.3, 0.4) is 0 Å². The summed E-state index contributed by atoms with van der Waals surface area (Å²) in [5.74, 6) is -0.0373. The highest BCUT2D eigenvalue weighted by atomic mass is 35.5. The molecule has 7 nitrogen and oxygen atoms in total. The van der Waals surface area contributed by atoms with Gasteiger partial charge in [-0.25, -0.2) is 4.39 Å². The molecule has 0 radical (unpaired) electrons. The van der Waals surface area contributed by atoms with Gasteiger partial charge in [0.25, 0.3) is 5.91 Å². The second kappa shape index (κ2) is 11.0. The Labute approximate surface area is 198 Å². The van der Waals surface area contributed by atoms with Crippen LogP contribution in [0.1, 0.15) is 25.0 Å². The zero-order valence-corrected chi connectivity index (χ0v) is 20.3. The molecule has 33 heavy (non-hydrogen) atoms. The van der Waals surface area contributed by atoms with Crippen LogP contribution in [-0.4, -0.2) is 63.4 Å². The van der Waals surface area contributed by atoms with E-state index in [4.69, 9.17) is 26.1 Å². The van der Waals surface area contributed by atoms with E-state index in [1.54, 1.807) is 35.2 Å². The average molecular weight is 499 g/mol. The highest BCUT2D eigenvalue weighted by Gasteiger charge is 2.32. The Morgan fingerprint density at radius 2 is 1.85 bits per heavy atom. The van der Waals surface area contributed by atoms with Crippen LogP contribution in [0.5, 0.6) is 5.75 Å². The van der Waals surface area contributed by atoms with Gasteiger partial charge in [0, 0.05) is 36.7 Å². The van der Waals surface area contributed by atoms with E-state index in [0.29, 0.717) is 36.0 Å². The molecule has 2 aromatic rings. The first-order chi connectivity index (χ1) is 15.5. The molecule has 3 rings (SSSR count). The van der Waals surface area contributed by atoms with E-state index in [0.717, 1.165) is 5.56 Å². The Hall–Kier alpha value is -1.96. The summed E-state index contributed by atoms with van der Waals surface area (Å²) in [5.41, 5.74) is 1.56. The zero-order valence-electron chi connectivity index (χ0n) is 18.7. The number of rotatable bonds is 8. The van der Waals surface area contributed by atoms with Gasteiger partial charge in [0.05, 0.1) is 6.16 Å². The maximum Gasteiger partial charge on any atom is 0.325 e. The summed E-state index contributed by atoms with van der Waals surface area (Å²) in [6.07, 6.45) is -0.244. The van der Waals surface area contributed by atoms with Crippen molar-refractivity contribution in [3.8, 4) is 5.75 Å². The van der Waals surface area contributed by atoms with Gasteiger partial charge in [-0.3, -0.25) is 14.3 Å². The number of ether oxygens (including phenoxy) is 1. The van der Waals surface area contributed by atoms with E-state index >= 15 is 0 Å². The smallest absolute Gasteiger partial charge is 0.325 e. The highest BCUT2D eigenvalue weighted by Crippen LogP contribution is 2.36. The third-order valence-corrected chi connectivity index (χ3v) is 6.82. The molecule has 1 amide bonds. The molecule has 1 aliphatic heterocycles. The van der Waals surface area contributed by atoms with Crippen molar-refractivity contribution in [2.45, 2.75) is 38.9 Å². The molecule has 1 fully saturated rings. The van der Waals surface area contributed by atoms with Crippen LogP contribution >= 0.6 is 19.2 Å². The fourth-order valence-corrected chi connectivity index (χ4v) is 4.69. The molecule has 1 aliphatic rings. The van der Waals surface area contributed by atoms with Gasteiger partial charge < -0.3 is 19.4 Å². The molecule has 180 valence electrons. The van der Waals surface area contributed by atoms with E-state index in [1.165, 1.54) is 12.1 Å². The normalized spacial score (nSPS) is 19.5. The standard InChI is InChI=1S/C23H29ClFN2O5P/c1-16-13-27(17(2)12-26(16)14-18-3-6-21(25)7-4-18)23(28)15-32-22-8-5-20(24)11-19(22)9-10-33(29,30)31/h3-8,11,16-17H,9-10,12-15H2,1-2H3,(H2,29,30,31)/t16-,17+/m0/s1. The molecule has 0 bridgehead atoms. The molecular formula is C23H29ClFN2O5P. The van der Waals surface area contributed by atoms with Crippen molar-refractivity contribution < 1.29 is 28.3 Å². The van der Waals surface area contributed by atoms with Gasteiger partial charge in [-0.05, 0) is 61.7 Å². The predicted octanol–water partition coefficient (Wildman–Crippen LogP) is 3.70. The second-order valence-electron chi connectivity index (χ2n) is 8.48. The molecule has 0 aliphatic carbocycles. The SMILES string of the molecule is C[C@@H]1CN(Cc2ccc(F)cc2)[C@@H](C)CN1C(=O)COc1ccc(Cl)cc1CCP(=O)(O)O. The minimum Gasteiger partial charge on any atom is -0.483 e. The van der Waals surface area contributed by atoms with E-state index in [1.807, 2.05) is 6.92 Å². The Morgan fingerprint density at radius 1 is 1.15 bits per heavy atom. The molecule has 2 N–H and O–H groups in total. The molecule has 0 aromatic heterocycles. The molecular weight excluding hydrogens is 470 g/mol. The first-order valence-electron chi connectivity index (χ1n) is 10.8. The van der Waals surface area contributed by atoms with Crippen LogP contribution < -0.4 is 4.74 Å². The summed E-state index contributed by atoms with van der Waals surface area (Å²) < 4.78 is 30.1. The van der Waals surface area contributed by atoms with Crippen molar-refractivity contribution in [2.24, 2.45) is 0 Å². The van der Waals surface area contributed by atoms with Crippen LogP contribution in [0.15, 0.2) is 42.5 Å². The first kappa shape index (κ1) is 25.7. The van der Waals surface area contributed by atoms with Crippen LogP contribution in [0.25, 0.3) is 0 Å². The number of hydrogen-bond acceptors (Lipinski definition) is 4. The van der Waals surface area contributed by atoms with Crippen molar-refractivity contribution in [2.75, 3.05) is 25.9 Å². The molecule has 10 heteroatoms. The number of benzene rings is 2. The molecule has 0 unspecified atom stereocenters. The van der Waals surface area contributed by atoms with E-state index in [-0.39, 0.29) is 43.0 Å². The zero-order chi connectivity index (χ0) is 24.2. The maximum atomic E-state index is 13.2. The van der Waals surface area contributed by atoms with Gasteiger partial charge in [-0.15, -0.1) is 0 Å². The van der Waals surface area contributed by atoms with Crippen LogP contribution in [0.2, 0.25) is 5.02 Å².